The largest absolute Gasteiger partial charge is 0.351 e. The van der Waals surface area contributed by atoms with Crippen LogP contribution >= 0.6 is 23.1 Å². The summed E-state index contributed by atoms with van der Waals surface area (Å²) in [4.78, 5) is 25.3. The molecule has 0 saturated heterocycles. The summed E-state index contributed by atoms with van der Waals surface area (Å²) < 4.78 is 4.28. The van der Waals surface area contributed by atoms with Crippen LogP contribution in [0.5, 0.6) is 0 Å². The lowest BCUT2D eigenvalue weighted by atomic mass is 10.1. The van der Waals surface area contributed by atoms with E-state index in [9.17, 15) is 9.59 Å². The van der Waals surface area contributed by atoms with Gasteiger partial charge in [0, 0.05) is 13.1 Å². The van der Waals surface area contributed by atoms with Crippen molar-refractivity contribution >= 4 is 45.0 Å². The Balaban J connectivity index is 1.53. The van der Waals surface area contributed by atoms with E-state index < -0.39 is 0 Å². The first-order valence-corrected chi connectivity index (χ1v) is 12.1. The van der Waals surface area contributed by atoms with Crippen LogP contribution in [-0.2, 0) is 17.9 Å². The fourth-order valence-electron chi connectivity index (χ4n) is 3.27. The van der Waals surface area contributed by atoms with Gasteiger partial charge in [0.15, 0.2) is 5.16 Å². The second-order valence-electron chi connectivity index (χ2n) is 7.94. The smallest absolute Gasteiger partial charge is 0.272 e. The average Bonchev–Trinajstić information content (AvgIpc) is 3.38. The molecule has 0 radical (unpaired) electrons. The lowest BCUT2D eigenvalue weighted by Gasteiger charge is -2.10. The third kappa shape index (κ3) is 4.67. The van der Waals surface area contributed by atoms with Gasteiger partial charge in [0.25, 0.3) is 5.56 Å². The highest BCUT2D eigenvalue weighted by Gasteiger charge is 2.18. The predicted octanol–water partition coefficient (Wildman–Crippen LogP) is 3.87. The van der Waals surface area contributed by atoms with Crippen LogP contribution in [0.1, 0.15) is 31.4 Å². The van der Waals surface area contributed by atoms with Gasteiger partial charge in [-0.1, -0.05) is 55.4 Å². The standard InChI is InChI=1S/C22H25N5O2S2/c1-14(2)8-10-26-20(29)19-17(9-11-30-19)27-21(26)24-25-22(27)31-13-18(28)23-12-16-6-4-15(3)5-7-16/h4-7,9,11,14H,8,10,12-13H2,1-3H3,(H,23,28). The van der Waals surface area contributed by atoms with Crippen LogP contribution in [0.4, 0.5) is 0 Å². The number of nitrogens with zero attached hydrogens (tertiary/aromatic N) is 4. The molecule has 0 spiro atoms. The Morgan fingerprint density at radius 1 is 1.19 bits per heavy atom. The molecule has 0 aliphatic carbocycles. The molecule has 9 heteroatoms. The van der Waals surface area contributed by atoms with Crippen LogP contribution in [0, 0.1) is 12.8 Å². The molecule has 0 aliphatic rings. The fraction of sp³-hybridized carbons (Fsp3) is 0.364. The first kappa shape index (κ1) is 21.6. The Hall–Kier alpha value is -2.65. The molecular formula is C22H25N5O2S2. The Labute approximate surface area is 188 Å². The number of thioether (sulfide) groups is 1. The fourth-order valence-corrected chi connectivity index (χ4v) is 4.86. The van der Waals surface area contributed by atoms with Gasteiger partial charge in [0.2, 0.25) is 11.7 Å². The summed E-state index contributed by atoms with van der Waals surface area (Å²) in [6.45, 7) is 7.38. The van der Waals surface area contributed by atoms with Crippen LogP contribution in [0.3, 0.4) is 0 Å². The van der Waals surface area contributed by atoms with Gasteiger partial charge >= 0.3 is 0 Å². The molecule has 1 N–H and O–H groups in total. The minimum Gasteiger partial charge on any atom is -0.351 e. The van der Waals surface area contributed by atoms with Crippen molar-refractivity contribution in [2.45, 2.75) is 45.4 Å². The molecule has 1 aromatic carbocycles. The molecule has 31 heavy (non-hydrogen) atoms. The first-order chi connectivity index (χ1) is 14.9. The van der Waals surface area contributed by atoms with E-state index in [-0.39, 0.29) is 17.2 Å². The molecule has 162 valence electrons. The SMILES string of the molecule is Cc1ccc(CNC(=O)CSc2nnc3n(CCC(C)C)c(=O)c4sccc4n23)cc1. The third-order valence-electron chi connectivity index (χ3n) is 5.06. The van der Waals surface area contributed by atoms with Crippen molar-refractivity contribution in [3.8, 4) is 0 Å². The van der Waals surface area contributed by atoms with Gasteiger partial charge in [-0.3, -0.25) is 18.6 Å². The highest BCUT2D eigenvalue weighted by Crippen LogP contribution is 2.24. The topological polar surface area (TPSA) is 81.3 Å². The molecule has 0 saturated carbocycles. The molecule has 0 unspecified atom stereocenters. The molecule has 3 aromatic heterocycles. The number of aryl methyl sites for hydroxylation is 2. The molecule has 4 rings (SSSR count). The quantitative estimate of drug-likeness (QED) is 0.408. The van der Waals surface area contributed by atoms with Gasteiger partial charge in [0.1, 0.15) is 4.70 Å². The van der Waals surface area contributed by atoms with Crippen molar-refractivity contribution in [2.24, 2.45) is 5.92 Å². The number of aromatic nitrogens is 4. The number of nitrogens with one attached hydrogen (secondary N) is 1. The van der Waals surface area contributed by atoms with Crippen LogP contribution in [-0.4, -0.2) is 30.8 Å². The molecule has 0 fully saturated rings. The van der Waals surface area contributed by atoms with Crippen LogP contribution in [0.2, 0.25) is 0 Å². The van der Waals surface area contributed by atoms with E-state index in [4.69, 9.17) is 0 Å². The lowest BCUT2D eigenvalue weighted by molar-refractivity contribution is -0.118. The number of hydrogen-bond donors (Lipinski definition) is 1. The summed E-state index contributed by atoms with van der Waals surface area (Å²) in [6.07, 6.45) is 0.878. The molecular weight excluding hydrogens is 430 g/mol. The Kier molecular flexibility index (Phi) is 6.43. The lowest BCUT2D eigenvalue weighted by Crippen LogP contribution is -2.25. The Morgan fingerprint density at radius 2 is 1.97 bits per heavy atom. The second kappa shape index (κ2) is 9.23. The number of fused-ring (bicyclic) bond motifs is 3. The van der Waals surface area contributed by atoms with Crippen molar-refractivity contribution in [3.05, 3.63) is 57.2 Å². The molecule has 0 atom stereocenters. The van der Waals surface area contributed by atoms with Crippen molar-refractivity contribution in [3.63, 3.8) is 0 Å². The van der Waals surface area contributed by atoms with Gasteiger partial charge < -0.3 is 5.32 Å². The highest BCUT2D eigenvalue weighted by atomic mass is 32.2. The number of carbonyl (C=O) groups excluding carboxylic acids is 1. The van der Waals surface area contributed by atoms with Crippen LogP contribution in [0.25, 0.3) is 16.0 Å². The van der Waals surface area contributed by atoms with E-state index in [1.165, 1.54) is 28.7 Å². The summed E-state index contributed by atoms with van der Waals surface area (Å²) in [5, 5.41) is 14.1. The minimum atomic E-state index is -0.0722. The monoisotopic (exact) mass is 455 g/mol. The van der Waals surface area contributed by atoms with Crippen molar-refractivity contribution in [1.29, 1.82) is 0 Å². The van der Waals surface area contributed by atoms with Gasteiger partial charge in [-0.25, -0.2) is 0 Å². The number of benzene rings is 1. The number of amides is 1. The van der Waals surface area contributed by atoms with Crippen LogP contribution < -0.4 is 10.9 Å². The van der Waals surface area contributed by atoms with Crippen molar-refractivity contribution in [1.82, 2.24) is 24.5 Å². The van der Waals surface area contributed by atoms with Gasteiger partial charge in [0.05, 0.1) is 11.3 Å². The Morgan fingerprint density at radius 3 is 2.71 bits per heavy atom. The van der Waals surface area contributed by atoms with E-state index >= 15 is 0 Å². The molecule has 0 bridgehead atoms. The minimum absolute atomic E-state index is 0.0297. The zero-order chi connectivity index (χ0) is 22.0. The van der Waals surface area contributed by atoms with Crippen molar-refractivity contribution in [2.75, 3.05) is 5.75 Å². The van der Waals surface area contributed by atoms with Gasteiger partial charge in [-0.2, -0.15) is 0 Å². The molecule has 3 heterocycles. The highest BCUT2D eigenvalue weighted by molar-refractivity contribution is 7.99. The molecule has 7 nitrogen and oxygen atoms in total. The zero-order valence-electron chi connectivity index (χ0n) is 17.8. The van der Waals surface area contributed by atoms with Crippen molar-refractivity contribution < 1.29 is 4.79 Å². The maximum atomic E-state index is 13.0. The predicted molar refractivity (Wildman–Crippen MR) is 126 cm³/mol. The molecule has 1 amide bonds. The molecule has 0 aliphatic heterocycles. The second-order valence-corrected chi connectivity index (χ2v) is 9.80. The summed E-state index contributed by atoms with van der Waals surface area (Å²) in [6, 6.07) is 10.00. The zero-order valence-corrected chi connectivity index (χ0v) is 19.4. The van der Waals surface area contributed by atoms with Gasteiger partial charge in [-0.15, -0.1) is 21.5 Å². The van der Waals surface area contributed by atoms with E-state index in [0.717, 1.165) is 17.5 Å². The average molecular weight is 456 g/mol. The third-order valence-corrected chi connectivity index (χ3v) is 6.88. The summed E-state index contributed by atoms with van der Waals surface area (Å²) in [5.74, 6) is 1.15. The number of thiophene rings is 1. The summed E-state index contributed by atoms with van der Waals surface area (Å²) in [5.41, 5.74) is 3.01. The normalized spacial score (nSPS) is 11.6. The van der Waals surface area contributed by atoms with E-state index in [1.807, 2.05) is 47.0 Å². The van der Waals surface area contributed by atoms with Crippen LogP contribution in [0.15, 0.2) is 45.7 Å². The van der Waals surface area contributed by atoms with E-state index in [2.05, 4.69) is 29.4 Å². The maximum absolute atomic E-state index is 13.0. The summed E-state index contributed by atoms with van der Waals surface area (Å²) in [7, 11) is 0. The summed E-state index contributed by atoms with van der Waals surface area (Å²) >= 11 is 2.75. The number of hydrogen-bond acceptors (Lipinski definition) is 6. The number of carbonyl (C=O) groups is 1. The van der Waals surface area contributed by atoms with E-state index in [1.54, 1.807) is 4.57 Å². The van der Waals surface area contributed by atoms with E-state index in [0.29, 0.717) is 34.6 Å². The maximum Gasteiger partial charge on any atom is 0.272 e. The first-order valence-electron chi connectivity index (χ1n) is 10.2. The number of rotatable bonds is 8. The Bertz CT molecular complexity index is 1270. The van der Waals surface area contributed by atoms with Gasteiger partial charge in [-0.05, 0) is 36.3 Å². The molecule has 4 aromatic rings.